The van der Waals surface area contributed by atoms with Crippen molar-refractivity contribution in [3.05, 3.63) is 63.9 Å². The van der Waals surface area contributed by atoms with Gasteiger partial charge in [0.1, 0.15) is 23.7 Å². The van der Waals surface area contributed by atoms with Gasteiger partial charge in [0, 0.05) is 10.6 Å². The molecule has 0 atom stereocenters. The van der Waals surface area contributed by atoms with Gasteiger partial charge < -0.3 is 9.84 Å². The number of carbonyl (C=O) groups is 1. The van der Waals surface area contributed by atoms with E-state index in [2.05, 4.69) is 0 Å². The van der Waals surface area contributed by atoms with Crippen LogP contribution in [-0.4, -0.2) is 11.1 Å². The fourth-order valence-electron chi connectivity index (χ4n) is 1.68. The lowest BCUT2D eigenvalue weighted by Crippen LogP contribution is -2.04. The summed E-state index contributed by atoms with van der Waals surface area (Å²) in [6, 6.07) is 9.88. The molecule has 6 heteroatoms. The van der Waals surface area contributed by atoms with E-state index >= 15 is 0 Å². The molecule has 0 aromatic heterocycles. The third-order valence-corrected chi connectivity index (χ3v) is 3.09. The molecule has 0 aliphatic carbocycles. The lowest BCUT2D eigenvalue weighted by Gasteiger charge is -2.10. The summed E-state index contributed by atoms with van der Waals surface area (Å²) in [6.45, 7) is 0.0104. The molecular formula is C15H9ClFNO3. The zero-order valence-corrected chi connectivity index (χ0v) is 11.4. The van der Waals surface area contributed by atoms with Gasteiger partial charge in [0.15, 0.2) is 0 Å². The van der Waals surface area contributed by atoms with Gasteiger partial charge >= 0.3 is 5.97 Å². The summed E-state index contributed by atoms with van der Waals surface area (Å²) >= 11 is 5.99. The van der Waals surface area contributed by atoms with Crippen LogP contribution in [-0.2, 0) is 6.61 Å². The number of hydrogen-bond acceptors (Lipinski definition) is 3. The molecule has 0 aliphatic rings. The molecule has 0 saturated heterocycles. The second-order valence-electron chi connectivity index (χ2n) is 4.15. The van der Waals surface area contributed by atoms with Crippen LogP contribution < -0.4 is 4.74 Å². The Hall–Kier alpha value is -2.58. The Kier molecular flexibility index (Phi) is 4.41. The van der Waals surface area contributed by atoms with Crippen molar-refractivity contribution in [1.29, 1.82) is 5.26 Å². The van der Waals surface area contributed by atoms with Crippen molar-refractivity contribution in [3.63, 3.8) is 0 Å². The molecule has 0 spiro atoms. The minimum Gasteiger partial charge on any atom is -0.488 e. The topological polar surface area (TPSA) is 70.3 Å². The van der Waals surface area contributed by atoms with E-state index < -0.39 is 11.8 Å². The summed E-state index contributed by atoms with van der Waals surface area (Å²) in [4.78, 5) is 11.0. The average molecular weight is 306 g/mol. The van der Waals surface area contributed by atoms with Crippen molar-refractivity contribution in [2.75, 3.05) is 0 Å². The summed E-state index contributed by atoms with van der Waals surface area (Å²) in [5.74, 6) is -1.89. The van der Waals surface area contributed by atoms with Crippen molar-refractivity contribution >= 4 is 17.6 Å². The molecule has 1 N–H and O–H groups in total. The quantitative estimate of drug-likeness (QED) is 0.936. The molecule has 0 aliphatic heterocycles. The van der Waals surface area contributed by atoms with Gasteiger partial charge in [-0.1, -0.05) is 17.7 Å². The molecule has 0 amide bonds. The van der Waals surface area contributed by atoms with Gasteiger partial charge in [0.2, 0.25) is 0 Å². The highest BCUT2D eigenvalue weighted by atomic mass is 35.5. The Morgan fingerprint density at radius 2 is 2.10 bits per heavy atom. The smallest absolute Gasteiger partial charge is 0.339 e. The predicted octanol–water partition coefficient (Wildman–Crippen LogP) is 3.63. The van der Waals surface area contributed by atoms with Crippen LogP contribution in [0.5, 0.6) is 5.75 Å². The van der Waals surface area contributed by atoms with Gasteiger partial charge in [-0.25, -0.2) is 9.18 Å². The molecule has 4 nitrogen and oxygen atoms in total. The predicted molar refractivity (Wildman–Crippen MR) is 73.9 cm³/mol. The SMILES string of the molecule is N#Cc1ccc(COc2ccc(F)cc2C(=O)O)c(Cl)c1. The second kappa shape index (κ2) is 6.25. The first-order valence-electron chi connectivity index (χ1n) is 5.85. The van der Waals surface area contributed by atoms with Crippen molar-refractivity contribution in [2.45, 2.75) is 6.61 Å². The first-order chi connectivity index (χ1) is 10.0. The van der Waals surface area contributed by atoms with Crippen LogP contribution in [0, 0.1) is 17.1 Å². The van der Waals surface area contributed by atoms with Gasteiger partial charge in [-0.05, 0) is 30.3 Å². The summed E-state index contributed by atoms with van der Waals surface area (Å²) in [5, 5.41) is 18.1. The first-order valence-corrected chi connectivity index (χ1v) is 6.23. The van der Waals surface area contributed by atoms with E-state index in [1.54, 1.807) is 12.1 Å². The minimum absolute atomic E-state index is 0.0104. The van der Waals surface area contributed by atoms with Crippen LogP contribution in [0.3, 0.4) is 0 Å². The lowest BCUT2D eigenvalue weighted by atomic mass is 10.1. The van der Waals surface area contributed by atoms with Crippen LogP contribution >= 0.6 is 11.6 Å². The molecule has 0 bridgehead atoms. The largest absolute Gasteiger partial charge is 0.488 e. The highest BCUT2D eigenvalue weighted by molar-refractivity contribution is 6.31. The van der Waals surface area contributed by atoms with Gasteiger partial charge in [-0.2, -0.15) is 5.26 Å². The molecular weight excluding hydrogens is 297 g/mol. The van der Waals surface area contributed by atoms with E-state index in [1.807, 2.05) is 6.07 Å². The zero-order chi connectivity index (χ0) is 15.4. The zero-order valence-electron chi connectivity index (χ0n) is 10.6. The Bertz CT molecular complexity index is 740. The molecule has 0 saturated carbocycles. The Labute approximate surface area is 125 Å². The number of nitrogens with zero attached hydrogens (tertiary/aromatic N) is 1. The number of rotatable bonds is 4. The maximum Gasteiger partial charge on any atom is 0.339 e. The van der Waals surface area contributed by atoms with Crippen molar-refractivity contribution < 1.29 is 19.0 Å². The Morgan fingerprint density at radius 3 is 2.71 bits per heavy atom. The highest BCUT2D eigenvalue weighted by Crippen LogP contribution is 2.23. The van der Waals surface area contributed by atoms with Crippen LogP contribution in [0.25, 0.3) is 0 Å². The Morgan fingerprint density at radius 1 is 1.33 bits per heavy atom. The highest BCUT2D eigenvalue weighted by Gasteiger charge is 2.13. The minimum atomic E-state index is -1.28. The van der Waals surface area contributed by atoms with E-state index in [-0.39, 0.29) is 17.9 Å². The number of aromatic carboxylic acids is 1. The fourth-order valence-corrected chi connectivity index (χ4v) is 1.92. The number of carboxylic acids is 1. The first kappa shape index (κ1) is 14.8. The van der Waals surface area contributed by atoms with E-state index in [9.17, 15) is 9.18 Å². The standard InChI is InChI=1S/C15H9ClFNO3/c16-13-5-9(7-18)1-2-10(13)8-21-14-4-3-11(17)6-12(14)15(19)20/h1-6H,8H2,(H,19,20). The second-order valence-corrected chi connectivity index (χ2v) is 4.56. The number of halogens is 2. The van der Waals surface area contributed by atoms with Crippen molar-refractivity contribution in [1.82, 2.24) is 0 Å². The van der Waals surface area contributed by atoms with Crippen LogP contribution in [0.4, 0.5) is 4.39 Å². The van der Waals surface area contributed by atoms with Gasteiger partial charge in [0.05, 0.1) is 11.6 Å². The molecule has 0 fully saturated rings. The number of carboxylic acid groups (broad SMARTS) is 1. The molecule has 0 heterocycles. The van der Waals surface area contributed by atoms with Gasteiger partial charge in [-0.3, -0.25) is 0 Å². The molecule has 2 aromatic carbocycles. The molecule has 2 rings (SSSR count). The van der Waals surface area contributed by atoms with Crippen LogP contribution in [0.15, 0.2) is 36.4 Å². The van der Waals surface area contributed by atoms with Gasteiger partial charge in [0.25, 0.3) is 0 Å². The maximum atomic E-state index is 13.0. The summed E-state index contributed by atoms with van der Waals surface area (Å²) in [7, 11) is 0. The van der Waals surface area contributed by atoms with Crippen LogP contribution in [0.1, 0.15) is 21.5 Å². The van der Waals surface area contributed by atoms with E-state index in [0.717, 1.165) is 12.1 Å². The number of benzene rings is 2. The molecule has 106 valence electrons. The molecule has 2 aromatic rings. The third kappa shape index (κ3) is 3.50. The Balaban J connectivity index is 2.21. The normalized spacial score (nSPS) is 9.95. The van der Waals surface area contributed by atoms with Crippen molar-refractivity contribution in [3.8, 4) is 11.8 Å². The monoisotopic (exact) mass is 305 g/mol. The van der Waals surface area contributed by atoms with E-state index in [0.29, 0.717) is 16.1 Å². The molecule has 21 heavy (non-hydrogen) atoms. The summed E-state index contributed by atoms with van der Waals surface area (Å²) < 4.78 is 18.4. The third-order valence-electron chi connectivity index (χ3n) is 2.74. The van der Waals surface area contributed by atoms with Gasteiger partial charge in [-0.15, -0.1) is 0 Å². The average Bonchev–Trinajstić information content (AvgIpc) is 2.46. The summed E-state index contributed by atoms with van der Waals surface area (Å²) in [6.07, 6.45) is 0. The lowest BCUT2D eigenvalue weighted by molar-refractivity contribution is 0.0691. The molecule has 0 unspecified atom stereocenters. The maximum absolute atomic E-state index is 13.0. The van der Waals surface area contributed by atoms with Crippen LogP contribution in [0.2, 0.25) is 5.02 Å². The summed E-state index contributed by atoms with van der Waals surface area (Å²) in [5.41, 5.74) is 0.743. The fraction of sp³-hybridized carbons (Fsp3) is 0.0667. The van der Waals surface area contributed by atoms with E-state index in [1.165, 1.54) is 12.1 Å². The van der Waals surface area contributed by atoms with E-state index in [4.69, 9.17) is 26.7 Å². The number of nitriles is 1. The van der Waals surface area contributed by atoms with Crippen molar-refractivity contribution in [2.24, 2.45) is 0 Å². The molecule has 0 radical (unpaired) electrons. The number of hydrogen-bond donors (Lipinski definition) is 1. The number of ether oxygens (including phenoxy) is 1.